The maximum Gasteiger partial charge on any atom is 0.267 e. The Bertz CT molecular complexity index is 265. The SMILES string of the molecule is CC(C)(C)COS(=O)(=O)CC(C)(C)C. The summed E-state index contributed by atoms with van der Waals surface area (Å²) in [6, 6.07) is 0. The van der Waals surface area contributed by atoms with Crippen LogP contribution in [0.1, 0.15) is 41.5 Å². The summed E-state index contributed by atoms with van der Waals surface area (Å²) >= 11 is 0. The third-order valence-electron chi connectivity index (χ3n) is 1.28. The summed E-state index contributed by atoms with van der Waals surface area (Å²) in [6.45, 7) is 11.7. The molecular formula is C10H22O3S. The van der Waals surface area contributed by atoms with Gasteiger partial charge in [0, 0.05) is 0 Å². The maximum atomic E-state index is 11.5. The molecule has 3 nitrogen and oxygen atoms in total. The van der Waals surface area contributed by atoms with E-state index in [1.807, 2.05) is 41.5 Å². The number of hydrogen-bond acceptors (Lipinski definition) is 3. The fourth-order valence-electron chi connectivity index (χ4n) is 0.839. The van der Waals surface area contributed by atoms with Gasteiger partial charge in [0.05, 0.1) is 12.4 Å². The molecule has 0 unspecified atom stereocenters. The van der Waals surface area contributed by atoms with Crippen LogP contribution in [0.4, 0.5) is 0 Å². The molecule has 0 aliphatic carbocycles. The Morgan fingerprint density at radius 2 is 1.36 bits per heavy atom. The summed E-state index contributed by atoms with van der Waals surface area (Å²) in [7, 11) is -3.37. The van der Waals surface area contributed by atoms with E-state index in [2.05, 4.69) is 0 Å². The first-order valence-corrected chi connectivity index (χ1v) is 6.36. The zero-order valence-corrected chi connectivity index (χ0v) is 10.9. The van der Waals surface area contributed by atoms with Gasteiger partial charge in [-0.1, -0.05) is 41.5 Å². The van der Waals surface area contributed by atoms with Gasteiger partial charge in [0.2, 0.25) is 0 Å². The largest absolute Gasteiger partial charge is 0.270 e. The van der Waals surface area contributed by atoms with E-state index in [9.17, 15) is 8.42 Å². The number of hydrogen-bond donors (Lipinski definition) is 0. The van der Waals surface area contributed by atoms with Crippen molar-refractivity contribution in [2.45, 2.75) is 41.5 Å². The third kappa shape index (κ3) is 8.51. The Morgan fingerprint density at radius 3 is 1.64 bits per heavy atom. The van der Waals surface area contributed by atoms with Crippen molar-refractivity contribution in [1.29, 1.82) is 0 Å². The smallest absolute Gasteiger partial charge is 0.267 e. The molecule has 0 amide bonds. The molecular weight excluding hydrogens is 200 g/mol. The molecule has 14 heavy (non-hydrogen) atoms. The standard InChI is InChI=1S/C10H22O3S/c1-9(2,3)7-13-14(11,12)8-10(4,5)6/h7-8H2,1-6H3. The minimum Gasteiger partial charge on any atom is -0.270 e. The lowest BCUT2D eigenvalue weighted by Crippen LogP contribution is -2.26. The van der Waals surface area contributed by atoms with Crippen molar-refractivity contribution in [3.63, 3.8) is 0 Å². The molecule has 0 aromatic heterocycles. The molecule has 0 radical (unpaired) electrons. The van der Waals surface area contributed by atoms with Gasteiger partial charge in [-0.2, -0.15) is 8.42 Å². The second-order valence-electron chi connectivity index (χ2n) is 6.09. The predicted octanol–water partition coefficient (Wildman–Crippen LogP) is 2.43. The highest BCUT2D eigenvalue weighted by Gasteiger charge is 2.24. The van der Waals surface area contributed by atoms with E-state index in [0.29, 0.717) is 0 Å². The summed E-state index contributed by atoms with van der Waals surface area (Å²) in [4.78, 5) is 0. The fraction of sp³-hybridized carbons (Fsp3) is 1.00. The highest BCUT2D eigenvalue weighted by atomic mass is 32.2. The van der Waals surface area contributed by atoms with Crippen LogP contribution >= 0.6 is 0 Å². The van der Waals surface area contributed by atoms with Crippen LogP contribution < -0.4 is 0 Å². The molecule has 86 valence electrons. The van der Waals surface area contributed by atoms with Crippen LogP contribution in [0.5, 0.6) is 0 Å². The van der Waals surface area contributed by atoms with E-state index in [-0.39, 0.29) is 23.2 Å². The van der Waals surface area contributed by atoms with Gasteiger partial charge in [0.15, 0.2) is 0 Å². The van der Waals surface area contributed by atoms with Gasteiger partial charge in [-0.25, -0.2) is 0 Å². The summed E-state index contributed by atoms with van der Waals surface area (Å²) in [5, 5.41) is 0. The molecule has 0 aromatic carbocycles. The van der Waals surface area contributed by atoms with Crippen molar-refractivity contribution in [1.82, 2.24) is 0 Å². The summed E-state index contributed by atoms with van der Waals surface area (Å²) in [6.07, 6.45) is 0. The fourth-order valence-corrected chi connectivity index (χ4v) is 2.52. The summed E-state index contributed by atoms with van der Waals surface area (Å²) in [5.74, 6) is 0.0656. The van der Waals surface area contributed by atoms with Crippen molar-refractivity contribution in [2.75, 3.05) is 12.4 Å². The zero-order chi connectivity index (χ0) is 11.6. The molecule has 0 aromatic rings. The highest BCUT2D eigenvalue weighted by molar-refractivity contribution is 7.86. The van der Waals surface area contributed by atoms with Gasteiger partial charge < -0.3 is 0 Å². The minimum atomic E-state index is -3.37. The normalized spacial score (nSPS) is 14.4. The van der Waals surface area contributed by atoms with Crippen molar-refractivity contribution in [3.8, 4) is 0 Å². The first kappa shape index (κ1) is 13.9. The second-order valence-corrected chi connectivity index (χ2v) is 7.73. The molecule has 0 bridgehead atoms. The zero-order valence-electron chi connectivity index (χ0n) is 10.0. The summed E-state index contributed by atoms with van der Waals surface area (Å²) in [5.41, 5.74) is -0.373. The van der Waals surface area contributed by atoms with E-state index in [1.165, 1.54) is 0 Å². The molecule has 0 fully saturated rings. The Hall–Kier alpha value is -0.0900. The lowest BCUT2D eigenvalue weighted by molar-refractivity contribution is 0.200. The molecule has 0 atom stereocenters. The molecule has 0 saturated carbocycles. The van der Waals surface area contributed by atoms with Crippen LogP contribution in [0.15, 0.2) is 0 Å². The van der Waals surface area contributed by atoms with Crippen molar-refractivity contribution in [2.24, 2.45) is 10.8 Å². The van der Waals surface area contributed by atoms with Crippen molar-refractivity contribution < 1.29 is 12.6 Å². The van der Waals surface area contributed by atoms with E-state index in [4.69, 9.17) is 4.18 Å². The maximum absolute atomic E-state index is 11.5. The van der Waals surface area contributed by atoms with Crippen LogP contribution in [0.2, 0.25) is 0 Å². The molecule has 0 aliphatic rings. The summed E-state index contributed by atoms with van der Waals surface area (Å²) < 4.78 is 27.9. The number of rotatable bonds is 3. The van der Waals surface area contributed by atoms with Gasteiger partial charge in [0.25, 0.3) is 10.1 Å². The predicted molar refractivity (Wildman–Crippen MR) is 58.6 cm³/mol. The Balaban J connectivity index is 4.25. The molecule has 0 N–H and O–H groups in total. The van der Waals surface area contributed by atoms with Crippen LogP contribution in [-0.2, 0) is 14.3 Å². The monoisotopic (exact) mass is 222 g/mol. The van der Waals surface area contributed by atoms with Gasteiger partial charge in [-0.3, -0.25) is 4.18 Å². The first-order chi connectivity index (χ1) is 5.91. The Morgan fingerprint density at radius 1 is 0.929 bits per heavy atom. The molecule has 0 saturated heterocycles. The first-order valence-electron chi connectivity index (χ1n) is 4.78. The Labute approximate surface area is 88.0 Å². The van der Waals surface area contributed by atoms with E-state index >= 15 is 0 Å². The van der Waals surface area contributed by atoms with Gasteiger partial charge >= 0.3 is 0 Å². The quantitative estimate of drug-likeness (QED) is 0.689. The molecule has 0 spiro atoms. The van der Waals surface area contributed by atoms with Gasteiger partial charge in [0.1, 0.15) is 0 Å². The third-order valence-corrected chi connectivity index (χ3v) is 2.98. The minimum absolute atomic E-state index is 0.0656. The molecule has 4 heteroatoms. The van der Waals surface area contributed by atoms with Crippen LogP contribution in [-0.4, -0.2) is 20.8 Å². The molecule has 0 aliphatic heterocycles. The lowest BCUT2D eigenvalue weighted by Gasteiger charge is -2.21. The van der Waals surface area contributed by atoms with Gasteiger partial charge in [-0.05, 0) is 10.8 Å². The molecule has 0 heterocycles. The topological polar surface area (TPSA) is 43.4 Å². The van der Waals surface area contributed by atoms with E-state index < -0.39 is 10.1 Å². The average molecular weight is 222 g/mol. The van der Waals surface area contributed by atoms with Gasteiger partial charge in [-0.15, -0.1) is 0 Å². The second kappa shape index (κ2) is 4.19. The van der Waals surface area contributed by atoms with Crippen LogP contribution in [0.25, 0.3) is 0 Å². The lowest BCUT2D eigenvalue weighted by atomic mass is 9.99. The highest BCUT2D eigenvalue weighted by Crippen LogP contribution is 2.20. The van der Waals surface area contributed by atoms with Crippen molar-refractivity contribution in [3.05, 3.63) is 0 Å². The van der Waals surface area contributed by atoms with Crippen LogP contribution in [0.3, 0.4) is 0 Å². The van der Waals surface area contributed by atoms with E-state index in [1.54, 1.807) is 0 Å². The molecule has 0 rings (SSSR count). The van der Waals surface area contributed by atoms with E-state index in [0.717, 1.165) is 0 Å². The average Bonchev–Trinajstić information content (AvgIpc) is 1.76. The Kier molecular flexibility index (Phi) is 4.16. The van der Waals surface area contributed by atoms with Crippen LogP contribution in [0, 0.1) is 10.8 Å². The van der Waals surface area contributed by atoms with Crippen molar-refractivity contribution >= 4 is 10.1 Å².